The molecule has 200 valence electrons. The highest BCUT2D eigenvalue weighted by atomic mass is 16.6. The Labute approximate surface area is 229 Å². The largest absolute Gasteiger partial charge is 0.490 e. The molecule has 3 heterocycles. The highest BCUT2D eigenvalue weighted by molar-refractivity contribution is 5.70. The second kappa shape index (κ2) is 12.4. The zero-order valence-corrected chi connectivity index (χ0v) is 22.4. The molecule has 1 fully saturated rings. The van der Waals surface area contributed by atoms with E-state index in [0.29, 0.717) is 30.5 Å². The van der Waals surface area contributed by atoms with Gasteiger partial charge in [0.1, 0.15) is 23.4 Å². The summed E-state index contributed by atoms with van der Waals surface area (Å²) in [5.74, 6) is 2.59. The van der Waals surface area contributed by atoms with E-state index in [1.165, 1.54) is 11.1 Å². The molecule has 1 aliphatic heterocycles. The lowest BCUT2D eigenvalue weighted by Crippen LogP contribution is -2.43. The number of aryl methyl sites for hydroxylation is 4. The van der Waals surface area contributed by atoms with E-state index < -0.39 is 0 Å². The number of rotatable bonds is 8. The van der Waals surface area contributed by atoms with Gasteiger partial charge in [-0.05, 0) is 85.8 Å². The monoisotopic (exact) mass is 523 g/mol. The van der Waals surface area contributed by atoms with Gasteiger partial charge in [0.25, 0.3) is 0 Å². The molecule has 0 saturated carbocycles. The van der Waals surface area contributed by atoms with E-state index >= 15 is 0 Å². The molecule has 1 aliphatic rings. The van der Waals surface area contributed by atoms with E-state index in [1.807, 2.05) is 79.9 Å². The Hall–Kier alpha value is -4.39. The Morgan fingerprint density at radius 3 is 2.26 bits per heavy atom. The Bertz CT molecular complexity index is 1360. The summed E-state index contributed by atoms with van der Waals surface area (Å²) in [6.45, 7) is 5.25. The van der Waals surface area contributed by atoms with Gasteiger partial charge >= 0.3 is 6.09 Å². The molecule has 7 nitrogen and oxygen atoms in total. The van der Waals surface area contributed by atoms with Crippen LogP contribution < -0.4 is 14.2 Å². The van der Waals surface area contributed by atoms with E-state index in [-0.39, 0.29) is 12.2 Å². The summed E-state index contributed by atoms with van der Waals surface area (Å²) in [5.41, 5.74) is 4.59. The summed E-state index contributed by atoms with van der Waals surface area (Å²) in [6.07, 6.45) is 6.58. The first-order chi connectivity index (χ1) is 19.0. The van der Waals surface area contributed by atoms with E-state index in [9.17, 15) is 4.79 Å². The fourth-order valence-corrected chi connectivity index (χ4v) is 4.50. The van der Waals surface area contributed by atoms with Crippen LogP contribution in [0, 0.1) is 13.8 Å². The fourth-order valence-electron chi connectivity index (χ4n) is 4.50. The fraction of sp³-hybridized carbons (Fsp3) is 0.281. The second-order valence-corrected chi connectivity index (χ2v) is 9.83. The van der Waals surface area contributed by atoms with Crippen molar-refractivity contribution in [1.82, 2.24) is 14.9 Å². The molecular formula is C32H33N3O4. The Balaban J connectivity index is 1.04. The summed E-state index contributed by atoms with van der Waals surface area (Å²) in [4.78, 5) is 23.2. The maximum absolute atomic E-state index is 12.7. The molecule has 39 heavy (non-hydrogen) atoms. The molecule has 0 bridgehead atoms. The average molecular weight is 524 g/mol. The number of pyridine rings is 2. The van der Waals surface area contributed by atoms with Crippen molar-refractivity contribution in [2.24, 2.45) is 0 Å². The van der Waals surface area contributed by atoms with Crippen molar-refractivity contribution in [3.05, 3.63) is 108 Å². The lowest BCUT2D eigenvalue weighted by molar-refractivity contribution is 0.0930. The van der Waals surface area contributed by atoms with Crippen molar-refractivity contribution >= 4 is 6.09 Å². The predicted molar refractivity (Wildman–Crippen MR) is 150 cm³/mol. The minimum absolute atomic E-state index is 0.0432. The van der Waals surface area contributed by atoms with Crippen molar-refractivity contribution in [2.75, 3.05) is 13.1 Å². The molecule has 0 unspecified atom stereocenters. The summed E-state index contributed by atoms with van der Waals surface area (Å²) >= 11 is 0. The molecule has 0 aliphatic carbocycles. The molecule has 0 atom stereocenters. The van der Waals surface area contributed by atoms with Gasteiger partial charge in [-0.15, -0.1) is 0 Å². The number of likely N-dealkylation sites (tertiary alicyclic amines) is 1. The van der Waals surface area contributed by atoms with Gasteiger partial charge in [-0.25, -0.2) is 9.78 Å². The SMILES string of the molecule is Cc1ccc(Oc2ccc(OC3CCN(C(=O)Oc4ccc(CCc5ncccc5C)cc4)CC3)cc2)nc1. The topological polar surface area (TPSA) is 73.8 Å². The smallest absolute Gasteiger partial charge is 0.415 e. The Morgan fingerprint density at radius 2 is 1.56 bits per heavy atom. The number of amides is 1. The van der Waals surface area contributed by atoms with Crippen molar-refractivity contribution in [2.45, 2.75) is 45.6 Å². The number of ether oxygens (including phenoxy) is 3. The Kier molecular flexibility index (Phi) is 8.36. The number of hydrogen-bond donors (Lipinski definition) is 0. The summed E-state index contributed by atoms with van der Waals surface area (Å²) in [5, 5.41) is 0. The third kappa shape index (κ3) is 7.35. The number of carbonyl (C=O) groups excluding carboxylic acids is 1. The van der Waals surface area contributed by atoms with Crippen molar-refractivity contribution in [1.29, 1.82) is 0 Å². The second-order valence-electron chi connectivity index (χ2n) is 9.83. The minimum Gasteiger partial charge on any atom is -0.490 e. The zero-order valence-electron chi connectivity index (χ0n) is 22.4. The van der Waals surface area contributed by atoms with E-state index in [0.717, 1.165) is 42.7 Å². The molecule has 5 rings (SSSR count). The number of carbonyl (C=O) groups is 1. The molecule has 0 radical (unpaired) electrons. The number of piperidine rings is 1. The first-order valence-electron chi connectivity index (χ1n) is 13.4. The van der Waals surface area contributed by atoms with Crippen molar-refractivity contribution in [3.63, 3.8) is 0 Å². The number of benzene rings is 2. The van der Waals surface area contributed by atoms with Gasteiger partial charge in [0.2, 0.25) is 5.88 Å². The van der Waals surface area contributed by atoms with Crippen LogP contribution in [-0.4, -0.2) is 40.2 Å². The lowest BCUT2D eigenvalue weighted by Gasteiger charge is -2.31. The van der Waals surface area contributed by atoms with Gasteiger partial charge in [-0.3, -0.25) is 4.98 Å². The van der Waals surface area contributed by atoms with E-state index in [2.05, 4.69) is 23.0 Å². The quantitative estimate of drug-likeness (QED) is 0.255. The highest BCUT2D eigenvalue weighted by Crippen LogP contribution is 2.25. The van der Waals surface area contributed by atoms with Gasteiger partial charge < -0.3 is 19.1 Å². The van der Waals surface area contributed by atoms with Gasteiger partial charge in [-0.1, -0.05) is 24.3 Å². The van der Waals surface area contributed by atoms with Crippen LogP contribution in [-0.2, 0) is 12.8 Å². The summed E-state index contributed by atoms with van der Waals surface area (Å²) in [7, 11) is 0. The zero-order chi connectivity index (χ0) is 27.0. The van der Waals surface area contributed by atoms with Crippen LogP contribution in [0.1, 0.15) is 35.2 Å². The molecule has 1 saturated heterocycles. The van der Waals surface area contributed by atoms with Crippen molar-refractivity contribution < 1.29 is 19.0 Å². The maximum Gasteiger partial charge on any atom is 0.415 e. The van der Waals surface area contributed by atoms with Crippen LogP contribution in [0.4, 0.5) is 4.79 Å². The normalized spacial score (nSPS) is 13.6. The van der Waals surface area contributed by atoms with Crippen LogP contribution in [0.5, 0.6) is 23.1 Å². The average Bonchev–Trinajstić information content (AvgIpc) is 2.96. The van der Waals surface area contributed by atoms with E-state index in [1.54, 1.807) is 11.1 Å². The van der Waals surface area contributed by atoms with Gasteiger partial charge in [-0.2, -0.15) is 0 Å². The summed E-state index contributed by atoms with van der Waals surface area (Å²) < 4.78 is 17.6. The standard InChI is InChI=1S/C32H33N3O4/c1-23-5-16-31(34-22-23)38-27-13-11-26(12-14-27)37-29-17-20-35(21-18-29)32(36)39-28-9-6-25(7-10-28)8-15-30-24(2)4-3-19-33-30/h3-7,9-14,16,19,22,29H,8,15,17-18,20-21H2,1-2H3. The number of hydrogen-bond acceptors (Lipinski definition) is 6. The molecule has 0 N–H and O–H groups in total. The van der Waals surface area contributed by atoms with Crippen molar-refractivity contribution in [3.8, 4) is 23.1 Å². The summed E-state index contributed by atoms with van der Waals surface area (Å²) in [6, 6.07) is 23.1. The predicted octanol–water partition coefficient (Wildman–Crippen LogP) is 6.71. The Morgan fingerprint density at radius 1 is 0.846 bits per heavy atom. The minimum atomic E-state index is -0.323. The van der Waals surface area contributed by atoms with Crippen LogP contribution in [0.3, 0.4) is 0 Å². The molecule has 4 aromatic rings. The van der Waals surface area contributed by atoms with E-state index in [4.69, 9.17) is 14.2 Å². The van der Waals surface area contributed by atoms with Crippen LogP contribution in [0.15, 0.2) is 85.2 Å². The maximum atomic E-state index is 12.7. The third-order valence-electron chi connectivity index (χ3n) is 6.83. The molecule has 0 spiro atoms. The molecule has 7 heteroatoms. The molecular weight excluding hydrogens is 490 g/mol. The van der Waals surface area contributed by atoms with Crippen LogP contribution in [0.25, 0.3) is 0 Å². The lowest BCUT2D eigenvalue weighted by atomic mass is 10.1. The van der Waals surface area contributed by atoms with Crippen LogP contribution >= 0.6 is 0 Å². The molecule has 2 aromatic carbocycles. The molecule has 1 amide bonds. The number of aromatic nitrogens is 2. The number of nitrogens with zero attached hydrogens (tertiary/aromatic N) is 3. The first kappa shape index (κ1) is 26.2. The van der Waals surface area contributed by atoms with Gasteiger partial charge in [0.05, 0.1) is 0 Å². The third-order valence-corrected chi connectivity index (χ3v) is 6.83. The molecule has 2 aromatic heterocycles. The van der Waals surface area contributed by atoms with Gasteiger partial charge in [0.15, 0.2) is 0 Å². The van der Waals surface area contributed by atoms with Gasteiger partial charge in [0, 0.05) is 50.1 Å². The highest BCUT2D eigenvalue weighted by Gasteiger charge is 2.25. The van der Waals surface area contributed by atoms with Crippen LogP contribution in [0.2, 0.25) is 0 Å². The first-order valence-corrected chi connectivity index (χ1v) is 13.4.